The van der Waals surface area contributed by atoms with Crippen LogP contribution in [0, 0.1) is 0 Å². The minimum atomic E-state index is -3.71. The standard InChI is InChI=1S/C31H33N3O4S/c1-23(24-8-4-3-5-9-24)21-33-16-18-34(19-17-33)31(35)26-13-14-27(28(20-26)38-2)22-39(36,37)29-12-6-10-25-11-7-15-32-30(25)29/h3-15,20,23H,16-19,21-22H2,1-2H3. The Morgan fingerprint density at radius 3 is 2.44 bits per heavy atom. The number of hydrogen-bond donors (Lipinski definition) is 0. The highest BCUT2D eigenvalue weighted by molar-refractivity contribution is 7.90. The zero-order valence-corrected chi connectivity index (χ0v) is 23.1. The smallest absolute Gasteiger partial charge is 0.254 e. The Balaban J connectivity index is 1.26. The van der Waals surface area contributed by atoms with Gasteiger partial charge in [0.25, 0.3) is 5.91 Å². The van der Waals surface area contributed by atoms with Gasteiger partial charge in [-0.3, -0.25) is 14.7 Å². The fourth-order valence-corrected chi connectivity index (χ4v) is 6.75. The monoisotopic (exact) mass is 543 g/mol. The van der Waals surface area contributed by atoms with Crippen molar-refractivity contribution in [2.45, 2.75) is 23.5 Å². The summed E-state index contributed by atoms with van der Waals surface area (Å²) in [5, 5.41) is 0.765. The van der Waals surface area contributed by atoms with Crippen LogP contribution in [0.5, 0.6) is 5.75 Å². The first kappa shape index (κ1) is 26.8. The molecule has 1 saturated heterocycles. The number of nitrogens with zero attached hydrogens (tertiary/aromatic N) is 3. The maximum atomic E-state index is 13.4. The van der Waals surface area contributed by atoms with Crippen LogP contribution in [0.25, 0.3) is 10.9 Å². The van der Waals surface area contributed by atoms with Crippen LogP contribution >= 0.6 is 0 Å². The number of benzene rings is 3. The Morgan fingerprint density at radius 1 is 0.949 bits per heavy atom. The van der Waals surface area contributed by atoms with Gasteiger partial charge in [-0.2, -0.15) is 0 Å². The highest BCUT2D eigenvalue weighted by atomic mass is 32.2. The second-order valence-electron chi connectivity index (χ2n) is 10.0. The van der Waals surface area contributed by atoms with Crippen LogP contribution in [0.15, 0.2) is 90.0 Å². The predicted molar refractivity (Wildman–Crippen MR) is 153 cm³/mol. The van der Waals surface area contributed by atoms with Gasteiger partial charge in [0.05, 0.1) is 23.3 Å². The molecule has 202 valence electrons. The molecule has 1 aromatic heterocycles. The number of ether oxygens (including phenoxy) is 1. The molecule has 2 heterocycles. The van der Waals surface area contributed by atoms with Crippen LogP contribution in [-0.4, -0.2) is 68.9 Å². The lowest BCUT2D eigenvalue weighted by molar-refractivity contribution is 0.0631. The number of para-hydroxylation sites is 1. The topological polar surface area (TPSA) is 79.8 Å². The van der Waals surface area contributed by atoms with Crippen LogP contribution in [0.3, 0.4) is 0 Å². The van der Waals surface area contributed by atoms with Crippen molar-refractivity contribution in [3.63, 3.8) is 0 Å². The van der Waals surface area contributed by atoms with Crippen molar-refractivity contribution in [3.8, 4) is 5.75 Å². The third kappa shape index (κ3) is 5.97. The average molecular weight is 544 g/mol. The second kappa shape index (κ2) is 11.6. The highest BCUT2D eigenvalue weighted by Crippen LogP contribution is 2.29. The number of piperazine rings is 1. The number of aromatic nitrogens is 1. The number of methoxy groups -OCH3 is 1. The summed E-state index contributed by atoms with van der Waals surface area (Å²) < 4.78 is 32.3. The second-order valence-corrected chi connectivity index (χ2v) is 12.0. The fraction of sp³-hybridized carbons (Fsp3) is 0.290. The Bertz CT molecular complexity index is 1560. The van der Waals surface area contributed by atoms with Crippen molar-refractivity contribution in [1.82, 2.24) is 14.8 Å². The third-order valence-corrected chi connectivity index (χ3v) is 9.06. The molecule has 1 atom stereocenters. The van der Waals surface area contributed by atoms with E-state index in [4.69, 9.17) is 4.74 Å². The molecule has 0 aliphatic carbocycles. The van der Waals surface area contributed by atoms with Crippen LogP contribution in [0.4, 0.5) is 0 Å². The number of sulfone groups is 1. The molecule has 1 unspecified atom stereocenters. The Morgan fingerprint density at radius 2 is 1.69 bits per heavy atom. The first-order valence-electron chi connectivity index (χ1n) is 13.2. The third-order valence-electron chi connectivity index (χ3n) is 7.37. The molecule has 4 aromatic rings. The maximum Gasteiger partial charge on any atom is 0.254 e. The first-order chi connectivity index (χ1) is 18.9. The SMILES string of the molecule is COc1cc(C(=O)N2CCN(CC(C)c3ccccc3)CC2)ccc1CS(=O)(=O)c1cccc2cccnc12. The molecule has 5 rings (SSSR count). The molecule has 39 heavy (non-hydrogen) atoms. The van der Waals surface area contributed by atoms with Gasteiger partial charge in [0.15, 0.2) is 9.84 Å². The number of carbonyl (C=O) groups is 1. The van der Waals surface area contributed by atoms with Crippen LogP contribution in [0.2, 0.25) is 0 Å². The van der Waals surface area contributed by atoms with E-state index < -0.39 is 9.84 Å². The summed E-state index contributed by atoms with van der Waals surface area (Å²) >= 11 is 0. The van der Waals surface area contributed by atoms with Crippen molar-refractivity contribution in [3.05, 3.63) is 102 Å². The number of rotatable bonds is 8. The molecule has 1 aliphatic rings. The highest BCUT2D eigenvalue weighted by Gasteiger charge is 2.25. The number of carbonyl (C=O) groups excluding carboxylic acids is 1. The molecule has 1 fully saturated rings. The van der Waals surface area contributed by atoms with Gasteiger partial charge in [0.2, 0.25) is 0 Å². The summed E-state index contributed by atoms with van der Waals surface area (Å²) in [6.45, 7) is 6.11. The average Bonchev–Trinajstić information content (AvgIpc) is 2.97. The minimum Gasteiger partial charge on any atom is -0.496 e. The van der Waals surface area contributed by atoms with Gasteiger partial charge in [-0.05, 0) is 35.7 Å². The zero-order chi connectivity index (χ0) is 27.4. The van der Waals surface area contributed by atoms with Gasteiger partial charge >= 0.3 is 0 Å². The molecule has 0 N–H and O–H groups in total. The van der Waals surface area contributed by atoms with E-state index in [1.165, 1.54) is 12.7 Å². The van der Waals surface area contributed by atoms with Crippen molar-refractivity contribution < 1.29 is 17.9 Å². The van der Waals surface area contributed by atoms with E-state index in [9.17, 15) is 13.2 Å². The summed E-state index contributed by atoms with van der Waals surface area (Å²) in [5.74, 6) is 0.481. The quantitative estimate of drug-likeness (QED) is 0.318. The van der Waals surface area contributed by atoms with E-state index in [0.29, 0.717) is 41.4 Å². The fourth-order valence-electron chi connectivity index (χ4n) is 5.20. The molecular weight excluding hydrogens is 510 g/mol. The maximum absolute atomic E-state index is 13.4. The van der Waals surface area contributed by atoms with E-state index in [1.807, 2.05) is 23.1 Å². The number of fused-ring (bicyclic) bond motifs is 1. The van der Waals surface area contributed by atoms with Crippen molar-refractivity contribution in [2.24, 2.45) is 0 Å². The minimum absolute atomic E-state index is 0.0725. The van der Waals surface area contributed by atoms with Crippen LogP contribution < -0.4 is 4.74 Å². The van der Waals surface area contributed by atoms with E-state index in [0.717, 1.165) is 25.0 Å². The first-order valence-corrected chi connectivity index (χ1v) is 14.8. The molecule has 3 aromatic carbocycles. The molecule has 8 heteroatoms. The van der Waals surface area contributed by atoms with Crippen molar-refractivity contribution >= 4 is 26.6 Å². The lowest BCUT2D eigenvalue weighted by Gasteiger charge is -2.36. The van der Waals surface area contributed by atoms with Gasteiger partial charge in [0.1, 0.15) is 5.75 Å². The summed E-state index contributed by atoms with van der Waals surface area (Å²) in [6.07, 6.45) is 1.59. The number of hydrogen-bond acceptors (Lipinski definition) is 6. The molecule has 1 aliphatic heterocycles. The lowest BCUT2D eigenvalue weighted by atomic mass is 10.0. The Labute approximate surface area is 230 Å². The van der Waals surface area contributed by atoms with E-state index in [2.05, 4.69) is 41.1 Å². The van der Waals surface area contributed by atoms with Gasteiger partial charge < -0.3 is 9.64 Å². The summed E-state index contributed by atoms with van der Waals surface area (Å²) in [4.78, 5) is 22.0. The van der Waals surface area contributed by atoms with Crippen molar-refractivity contribution in [1.29, 1.82) is 0 Å². The van der Waals surface area contributed by atoms with Crippen molar-refractivity contribution in [2.75, 3.05) is 39.8 Å². The van der Waals surface area contributed by atoms with Gasteiger partial charge in [-0.25, -0.2) is 8.42 Å². The summed E-state index contributed by atoms with van der Waals surface area (Å²) in [7, 11) is -2.21. The molecule has 7 nitrogen and oxygen atoms in total. The Hall–Kier alpha value is -3.75. The zero-order valence-electron chi connectivity index (χ0n) is 22.3. The summed E-state index contributed by atoms with van der Waals surface area (Å²) in [6, 6.07) is 24.3. The van der Waals surface area contributed by atoms with Crippen LogP contribution in [-0.2, 0) is 15.6 Å². The number of amides is 1. The van der Waals surface area contributed by atoms with E-state index in [1.54, 1.807) is 42.6 Å². The largest absolute Gasteiger partial charge is 0.496 e. The van der Waals surface area contributed by atoms with E-state index >= 15 is 0 Å². The van der Waals surface area contributed by atoms with Gasteiger partial charge in [-0.1, -0.05) is 61.5 Å². The van der Waals surface area contributed by atoms with Crippen LogP contribution in [0.1, 0.15) is 34.3 Å². The summed E-state index contributed by atoms with van der Waals surface area (Å²) in [5.41, 5.74) is 2.76. The molecule has 0 radical (unpaired) electrons. The normalized spacial score (nSPS) is 15.3. The molecule has 0 spiro atoms. The van der Waals surface area contributed by atoms with E-state index in [-0.39, 0.29) is 16.6 Å². The predicted octanol–water partition coefficient (Wildman–Crippen LogP) is 4.78. The lowest BCUT2D eigenvalue weighted by Crippen LogP contribution is -2.49. The molecular formula is C31H33N3O4S. The molecule has 0 bridgehead atoms. The Kier molecular flexibility index (Phi) is 7.95. The van der Waals surface area contributed by atoms with Gasteiger partial charge in [0, 0.05) is 55.4 Å². The van der Waals surface area contributed by atoms with Gasteiger partial charge in [-0.15, -0.1) is 0 Å². The number of pyridine rings is 1. The molecule has 0 saturated carbocycles. The molecule has 1 amide bonds.